The largest absolute Gasteiger partial charge is 0.393 e. The molecule has 2 N–H and O–H groups in total. The summed E-state index contributed by atoms with van der Waals surface area (Å²) in [6, 6.07) is 11.6. The summed E-state index contributed by atoms with van der Waals surface area (Å²) in [6.07, 6.45) is 0.0649. The number of nitrogens with zero attached hydrogens (tertiary/aromatic N) is 3. The molecule has 0 fully saturated rings. The number of aliphatic hydroxyl groups excluding tert-OH is 1. The summed E-state index contributed by atoms with van der Waals surface area (Å²) in [7, 11) is 1.83. The summed E-state index contributed by atoms with van der Waals surface area (Å²) in [5.41, 5.74) is 3.68. The fourth-order valence-electron chi connectivity index (χ4n) is 2.87. The standard InChI is InChI=1S/C19H22N4O2/c1-12(24)9-10-20-19(25)15-11-16(14-7-5-4-6-8-14)21-18-17(15)13(2)22-23(18)3/h4-8,11-12,24H,9-10H2,1-3H3,(H,20,25). The molecule has 1 amide bonds. The van der Waals surface area contributed by atoms with Gasteiger partial charge < -0.3 is 10.4 Å². The second kappa shape index (κ2) is 7.03. The number of carbonyl (C=O) groups is 1. The maximum atomic E-state index is 12.7. The number of aliphatic hydroxyl groups is 1. The van der Waals surface area contributed by atoms with E-state index in [0.29, 0.717) is 24.2 Å². The Morgan fingerprint density at radius 2 is 2.04 bits per heavy atom. The quantitative estimate of drug-likeness (QED) is 0.749. The molecule has 1 aromatic carbocycles. The first kappa shape index (κ1) is 17.1. The molecule has 2 aromatic heterocycles. The highest BCUT2D eigenvalue weighted by atomic mass is 16.3. The third-order valence-corrected chi connectivity index (χ3v) is 4.13. The number of nitrogens with one attached hydrogen (secondary N) is 1. The third-order valence-electron chi connectivity index (χ3n) is 4.13. The fraction of sp³-hybridized carbons (Fsp3) is 0.316. The molecule has 0 saturated carbocycles. The normalized spacial score (nSPS) is 12.3. The molecule has 3 rings (SSSR count). The van der Waals surface area contributed by atoms with Crippen LogP contribution >= 0.6 is 0 Å². The van der Waals surface area contributed by atoms with Gasteiger partial charge in [-0.1, -0.05) is 30.3 Å². The highest BCUT2D eigenvalue weighted by Crippen LogP contribution is 2.26. The van der Waals surface area contributed by atoms with Crippen molar-refractivity contribution in [1.29, 1.82) is 0 Å². The van der Waals surface area contributed by atoms with Crippen LogP contribution in [0, 0.1) is 6.92 Å². The Morgan fingerprint density at radius 1 is 1.32 bits per heavy atom. The first-order valence-electron chi connectivity index (χ1n) is 8.33. The lowest BCUT2D eigenvalue weighted by Gasteiger charge is -2.10. The first-order chi connectivity index (χ1) is 12.0. The number of pyridine rings is 1. The van der Waals surface area contributed by atoms with Gasteiger partial charge in [0.2, 0.25) is 0 Å². The van der Waals surface area contributed by atoms with Gasteiger partial charge in [0, 0.05) is 19.2 Å². The van der Waals surface area contributed by atoms with Gasteiger partial charge in [0.25, 0.3) is 5.91 Å². The Bertz CT molecular complexity index is 901. The molecule has 0 aliphatic rings. The Balaban J connectivity index is 2.07. The van der Waals surface area contributed by atoms with Crippen LogP contribution in [0.4, 0.5) is 0 Å². The highest BCUT2D eigenvalue weighted by molar-refractivity contribution is 6.07. The molecule has 0 aliphatic carbocycles. The molecular formula is C19H22N4O2. The first-order valence-corrected chi connectivity index (χ1v) is 8.33. The SMILES string of the molecule is Cc1nn(C)c2nc(-c3ccccc3)cc(C(=O)NCCC(C)O)c12. The molecule has 130 valence electrons. The number of fused-ring (bicyclic) bond motifs is 1. The minimum absolute atomic E-state index is 0.179. The van der Waals surface area contributed by atoms with E-state index in [1.807, 2.05) is 50.4 Å². The van der Waals surface area contributed by atoms with Crippen molar-refractivity contribution in [1.82, 2.24) is 20.1 Å². The fourth-order valence-corrected chi connectivity index (χ4v) is 2.87. The van der Waals surface area contributed by atoms with Gasteiger partial charge in [-0.2, -0.15) is 5.10 Å². The Kier molecular flexibility index (Phi) is 4.81. The lowest BCUT2D eigenvalue weighted by atomic mass is 10.0. The van der Waals surface area contributed by atoms with Gasteiger partial charge in [0.05, 0.1) is 28.4 Å². The van der Waals surface area contributed by atoms with Gasteiger partial charge in [0.15, 0.2) is 5.65 Å². The van der Waals surface area contributed by atoms with Gasteiger partial charge in [0.1, 0.15) is 0 Å². The Morgan fingerprint density at radius 3 is 2.72 bits per heavy atom. The van der Waals surface area contributed by atoms with Gasteiger partial charge in [-0.25, -0.2) is 4.98 Å². The molecule has 3 aromatic rings. The van der Waals surface area contributed by atoms with Crippen LogP contribution in [0.25, 0.3) is 22.3 Å². The molecule has 0 aliphatic heterocycles. The van der Waals surface area contributed by atoms with Crippen molar-refractivity contribution in [3.8, 4) is 11.3 Å². The molecule has 0 spiro atoms. The number of benzene rings is 1. The van der Waals surface area contributed by atoms with E-state index in [2.05, 4.69) is 10.4 Å². The predicted octanol–water partition coefficient (Wildman–Crippen LogP) is 2.44. The smallest absolute Gasteiger partial charge is 0.252 e. The highest BCUT2D eigenvalue weighted by Gasteiger charge is 2.19. The topological polar surface area (TPSA) is 80.0 Å². The van der Waals surface area contributed by atoms with E-state index in [1.54, 1.807) is 11.6 Å². The van der Waals surface area contributed by atoms with Crippen molar-refractivity contribution < 1.29 is 9.90 Å². The van der Waals surface area contributed by atoms with Crippen molar-refractivity contribution in [3.63, 3.8) is 0 Å². The van der Waals surface area contributed by atoms with E-state index in [4.69, 9.17) is 4.98 Å². The lowest BCUT2D eigenvalue weighted by molar-refractivity contribution is 0.0947. The summed E-state index contributed by atoms with van der Waals surface area (Å²) < 4.78 is 1.70. The molecule has 6 heteroatoms. The number of carbonyl (C=O) groups excluding carboxylic acids is 1. The zero-order chi connectivity index (χ0) is 18.0. The molecule has 0 bridgehead atoms. The average molecular weight is 338 g/mol. The second-order valence-corrected chi connectivity index (χ2v) is 6.22. The van der Waals surface area contributed by atoms with Gasteiger partial charge >= 0.3 is 0 Å². The van der Waals surface area contributed by atoms with E-state index in [-0.39, 0.29) is 5.91 Å². The molecular weight excluding hydrogens is 316 g/mol. The van der Waals surface area contributed by atoms with E-state index >= 15 is 0 Å². The van der Waals surface area contributed by atoms with Gasteiger partial charge in [-0.05, 0) is 26.3 Å². The van der Waals surface area contributed by atoms with Crippen LogP contribution in [0.1, 0.15) is 29.4 Å². The van der Waals surface area contributed by atoms with Crippen LogP contribution in [-0.4, -0.2) is 38.4 Å². The van der Waals surface area contributed by atoms with Crippen LogP contribution in [0.15, 0.2) is 36.4 Å². The van der Waals surface area contributed by atoms with Gasteiger partial charge in [-0.3, -0.25) is 9.48 Å². The third kappa shape index (κ3) is 3.53. The zero-order valence-corrected chi connectivity index (χ0v) is 14.7. The van der Waals surface area contributed by atoms with Crippen molar-refractivity contribution in [2.24, 2.45) is 7.05 Å². The number of amides is 1. The van der Waals surface area contributed by atoms with Crippen LogP contribution in [-0.2, 0) is 7.05 Å². The Labute approximate surface area is 146 Å². The van der Waals surface area contributed by atoms with Gasteiger partial charge in [-0.15, -0.1) is 0 Å². The van der Waals surface area contributed by atoms with E-state index in [9.17, 15) is 9.90 Å². The minimum atomic E-state index is -0.447. The maximum absolute atomic E-state index is 12.7. The van der Waals surface area contributed by atoms with Crippen LogP contribution in [0.5, 0.6) is 0 Å². The van der Waals surface area contributed by atoms with E-state index in [1.165, 1.54) is 0 Å². The minimum Gasteiger partial charge on any atom is -0.393 e. The summed E-state index contributed by atoms with van der Waals surface area (Å²) in [4.78, 5) is 17.4. The number of aryl methyl sites for hydroxylation is 2. The molecule has 6 nitrogen and oxygen atoms in total. The maximum Gasteiger partial charge on any atom is 0.252 e. The average Bonchev–Trinajstić information content (AvgIpc) is 2.89. The molecule has 0 saturated heterocycles. The summed E-state index contributed by atoms with van der Waals surface area (Å²) in [6.45, 7) is 3.99. The molecule has 1 unspecified atom stereocenters. The lowest BCUT2D eigenvalue weighted by Crippen LogP contribution is -2.26. The monoisotopic (exact) mass is 338 g/mol. The molecule has 0 radical (unpaired) electrons. The van der Waals surface area contributed by atoms with Crippen molar-refractivity contribution in [2.45, 2.75) is 26.4 Å². The number of hydrogen-bond donors (Lipinski definition) is 2. The van der Waals surface area contributed by atoms with Crippen LogP contribution in [0.2, 0.25) is 0 Å². The van der Waals surface area contributed by atoms with E-state index < -0.39 is 6.10 Å². The van der Waals surface area contributed by atoms with Crippen LogP contribution < -0.4 is 5.32 Å². The number of rotatable bonds is 5. The summed E-state index contributed by atoms with van der Waals surface area (Å²) in [5, 5.41) is 17.4. The van der Waals surface area contributed by atoms with Crippen LogP contribution in [0.3, 0.4) is 0 Å². The van der Waals surface area contributed by atoms with Crippen molar-refractivity contribution in [3.05, 3.63) is 47.7 Å². The zero-order valence-electron chi connectivity index (χ0n) is 14.7. The molecule has 1 atom stereocenters. The Hall–Kier alpha value is -2.73. The number of aromatic nitrogens is 3. The second-order valence-electron chi connectivity index (χ2n) is 6.22. The molecule has 25 heavy (non-hydrogen) atoms. The van der Waals surface area contributed by atoms with Crippen molar-refractivity contribution >= 4 is 16.9 Å². The summed E-state index contributed by atoms with van der Waals surface area (Å²) in [5.74, 6) is -0.179. The number of hydrogen-bond acceptors (Lipinski definition) is 4. The summed E-state index contributed by atoms with van der Waals surface area (Å²) >= 11 is 0. The molecule has 2 heterocycles. The van der Waals surface area contributed by atoms with Crippen molar-refractivity contribution in [2.75, 3.05) is 6.54 Å². The predicted molar refractivity (Wildman–Crippen MR) is 97.3 cm³/mol. The van der Waals surface area contributed by atoms with E-state index in [0.717, 1.165) is 22.3 Å².